The van der Waals surface area contributed by atoms with Crippen LogP contribution in [0.25, 0.3) is 0 Å². The molecule has 28 heavy (non-hydrogen) atoms. The number of halogens is 1. The predicted molar refractivity (Wildman–Crippen MR) is 99.6 cm³/mol. The maximum absolute atomic E-state index is 13.1. The van der Waals surface area contributed by atoms with E-state index in [-0.39, 0.29) is 29.4 Å². The Morgan fingerprint density at radius 2 is 1.93 bits per heavy atom. The highest BCUT2D eigenvalue weighted by molar-refractivity contribution is 7.89. The summed E-state index contributed by atoms with van der Waals surface area (Å²) in [6, 6.07) is 10.1. The number of nitro benzene ring substituents is 1. The minimum absolute atomic E-state index is 0.0134. The average Bonchev–Trinajstić information content (AvgIpc) is 2.68. The van der Waals surface area contributed by atoms with Gasteiger partial charge in [0, 0.05) is 30.9 Å². The first kappa shape index (κ1) is 19.9. The smallest absolute Gasteiger partial charge is 0.271 e. The molecule has 1 amide bonds. The van der Waals surface area contributed by atoms with Crippen molar-refractivity contribution >= 4 is 27.3 Å². The van der Waals surface area contributed by atoms with Crippen molar-refractivity contribution in [1.29, 1.82) is 0 Å². The zero-order valence-electron chi connectivity index (χ0n) is 14.7. The van der Waals surface area contributed by atoms with Gasteiger partial charge in [0.25, 0.3) is 5.69 Å². The highest BCUT2D eigenvalue weighted by Crippen LogP contribution is 2.25. The number of benzene rings is 2. The Morgan fingerprint density at radius 1 is 1.21 bits per heavy atom. The third-order valence-corrected chi connectivity index (χ3v) is 6.41. The highest BCUT2D eigenvalue weighted by atomic mass is 32.2. The minimum Gasteiger partial charge on any atom is -0.326 e. The number of amides is 1. The molecule has 3 rings (SSSR count). The van der Waals surface area contributed by atoms with Gasteiger partial charge in [-0.25, -0.2) is 12.8 Å². The first-order valence-electron chi connectivity index (χ1n) is 8.58. The molecule has 1 atom stereocenters. The van der Waals surface area contributed by atoms with E-state index in [1.165, 1.54) is 40.7 Å². The van der Waals surface area contributed by atoms with Gasteiger partial charge in [-0.3, -0.25) is 14.9 Å². The second kappa shape index (κ2) is 8.03. The molecule has 10 heteroatoms. The number of hydrogen-bond donors (Lipinski definition) is 1. The Hall–Kier alpha value is -2.85. The zero-order valence-corrected chi connectivity index (χ0v) is 15.6. The molecule has 0 aromatic heterocycles. The van der Waals surface area contributed by atoms with Gasteiger partial charge < -0.3 is 5.32 Å². The molecule has 1 fully saturated rings. The Bertz CT molecular complexity index is 995. The first-order chi connectivity index (χ1) is 13.3. The Kier molecular flexibility index (Phi) is 5.71. The maximum atomic E-state index is 13.1. The standard InChI is InChI=1S/C18H18FN3O5S/c19-14-6-8-17(9-7-14)28(26,27)21-10-2-3-13(12-21)18(23)20-15-4-1-5-16(11-15)22(24)25/h1,4-9,11,13H,2-3,10,12H2,(H,20,23)/t13-/m0/s1. The van der Waals surface area contributed by atoms with Crippen LogP contribution in [0.4, 0.5) is 15.8 Å². The molecule has 1 aliphatic rings. The molecule has 0 spiro atoms. The summed E-state index contributed by atoms with van der Waals surface area (Å²) in [6.45, 7) is 0.251. The van der Waals surface area contributed by atoms with Crippen molar-refractivity contribution in [3.8, 4) is 0 Å². The summed E-state index contributed by atoms with van der Waals surface area (Å²) in [6.07, 6.45) is 0.990. The van der Waals surface area contributed by atoms with Crippen LogP contribution in [0.2, 0.25) is 0 Å². The molecule has 0 radical (unpaired) electrons. The third kappa shape index (κ3) is 4.34. The molecular formula is C18H18FN3O5S. The summed E-state index contributed by atoms with van der Waals surface area (Å²) in [7, 11) is -3.84. The molecule has 8 nitrogen and oxygen atoms in total. The SMILES string of the molecule is O=C(Nc1cccc([N+](=O)[O-])c1)[C@H]1CCCN(S(=O)(=O)c2ccc(F)cc2)C1. The van der Waals surface area contributed by atoms with Gasteiger partial charge in [-0.05, 0) is 43.2 Å². The van der Waals surface area contributed by atoms with Crippen molar-refractivity contribution in [2.45, 2.75) is 17.7 Å². The van der Waals surface area contributed by atoms with Crippen LogP contribution < -0.4 is 5.32 Å². The lowest BCUT2D eigenvalue weighted by Crippen LogP contribution is -2.43. The normalized spacial score (nSPS) is 17.8. The molecule has 1 aliphatic heterocycles. The maximum Gasteiger partial charge on any atom is 0.271 e. The van der Waals surface area contributed by atoms with E-state index in [0.717, 1.165) is 12.1 Å². The van der Waals surface area contributed by atoms with Gasteiger partial charge in [0.15, 0.2) is 0 Å². The van der Waals surface area contributed by atoms with E-state index in [4.69, 9.17) is 0 Å². The predicted octanol–water partition coefficient (Wildman–Crippen LogP) is 2.77. The summed E-state index contributed by atoms with van der Waals surface area (Å²) < 4.78 is 39.8. The lowest BCUT2D eigenvalue weighted by molar-refractivity contribution is -0.384. The summed E-state index contributed by atoms with van der Waals surface area (Å²) in [5.41, 5.74) is 0.125. The van der Waals surface area contributed by atoms with E-state index in [1.807, 2.05) is 0 Å². The number of nitrogens with one attached hydrogen (secondary N) is 1. The minimum atomic E-state index is -3.84. The third-order valence-electron chi connectivity index (χ3n) is 4.53. The number of hydrogen-bond acceptors (Lipinski definition) is 5. The molecule has 1 saturated heterocycles. The first-order valence-corrected chi connectivity index (χ1v) is 10.0. The highest BCUT2D eigenvalue weighted by Gasteiger charge is 2.33. The second-order valence-corrected chi connectivity index (χ2v) is 8.39. The number of sulfonamides is 1. The molecule has 1 N–H and O–H groups in total. The van der Waals surface area contributed by atoms with E-state index < -0.39 is 32.6 Å². The number of anilines is 1. The lowest BCUT2D eigenvalue weighted by atomic mass is 9.98. The number of carbonyl (C=O) groups excluding carboxylic acids is 1. The van der Waals surface area contributed by atoms with E-state index >= 15 is 0 Å². The van der Waals surface area contributed by atoms with E-state index in [0.29, 0.717) is 12.8 Å². The van der Waals surface area contributed by atoms with Crippen LogP contribution in [0.1, 0.15) is 12.8 Å². The van der Waals surface area contributed by atoms with Gasteiger partial charge in [-0.1, -0.05) is 6.07 Å². The molecule has 2 aromatic carbocycles. The van der Waals surface area contributed by atoms with Crippen molar-refractivity contribution in [1.82, 2.24) is 4.31 Å². The van der Waals surface area contributed by atoms with Crippen LogP contribution in [0.5, 0.6) is 0 Å². The molecular weight excluding hydrogens is 389 g/mol. The molecule has 0 unspecified atom stereocenters. The Labute approximate surface area is 161 Å². The second-order valence-electron chi connectivity index (χ2n) is 6.45. The number of rotatable bonds is 5. The number of non-ortho nitro benzene ring substituents is 1. The van der Waals surface area contributed by atoms with Crippen molar-refractivity contribution in [2.24, 2.45) is 5.92 Å². The van der Waals surface area contributed by atoms with Crippen LogP contribution in [0.15, 0.2) is 53.4 Å². The molecule has 1 heterocycles. The van der Waals surface area contributed by atoms with Crippen LogP contribution in [0.3, 0.4) is 0 Å². The molecule has 0 aliphatic carbocycles. The Morgan fingerprint density at radius 3 is 2.61 bits per heavy atom. The summed E-state index contributed by atoms with van der Waals surface area (Å²) in [4.78, 5) is 22.8. The summed E-state index contributed by atoms with van der Waals surface area (Å²) in [5, 5.41) is 13.5. The van der Waals surface area contributed by atoms with Crippen molar-refractivity contribution in [2.75, 3.05) is 18.4 Å². The Balaban J connectivity index is 1.72. The van der Waals surface area contributed by atoms with Crippen molar-refractivity contribution in [3.05, 3.63) is 64.5 Å². The lowest BCUT2D eigenvalue weighted by Gasteiger charge is -2.31. The number of nitro groups is 1. The number of piperidine rings is 1. The monoisotopic (exact) mass is 407 g/mol. The van der Waals surface area contributed by atoms with Crippen molar-refractivity contribution in [3.63, 3.8) is 0 Å². The van der Waals surface area contributed by atoms with Crippen LogP contribution in [-0.4, -0.2) is 36.6 Å². The molecule has 0 saturated carbocycles. The van der Waals surface area contributed by atoms with Crippen LogP contribution in [-0.2, 0) is 14.8 Å². The van der Waals surface area contributed by atoms with Gasteiger partial charge in [-0.2, -0.15) is 4.31 Å². The van der Waals surface area contributed by atoms with Crippen molar-refractivity contribution < 1.29 is 22.5 Å². The summed E-state index contributed by atoms with van der Waals surface area (Å²) >= 11 is 0. The van der Waals surface area contributed by atoms with Gasteiger partial charge >= 0.3 is 0 Å². The quantitative estimate of drug-likeness (QED) is 0.605. The zero-order chi connectivity index (χ0) is 20.3. The van der Waals surface area contributed by atoms with Gasteiger partial charge in [0.2, 0.25) is 15.9 Å². The van der Waals surface area contributed by atoms with Gasteiger partial charge in [0.1, 0.15) is 5.82 Å². The summed E-state index contributed by atoms with van der Waals surface area (Å²) in [5.74, 6) is -1.53. The van der Waals surface area contributed by atoms with Gasteiger partial charge in [-0.15, -0.1) is 0 Å². The van der Waals surface area contributed by atoms with Gasteiger partial charge in [0.05, 0.1) is 15.7 Å². The number of carbonyl (C=O) groups is 1. The van der Waals surface area contributed by atoms with E-state index in [2.05, 4.69) is 5.32 Å². The van der Waals surface area contributed by atoms with Crippen LogP contribution in [0, 0.1) is 21.8 Å². The number of nitrogens with zero attached hydrogens (tertiary/aromatic N) is 2. The average molecular weight is 407 g/mol. The largest absolute Gasteiger partial charge is 0.326 e. The van der Waals surface area contributed by atoms with E-state index in [1.54, 1.807) is 0 Å². The topological polar surface area (TPSA) is 110 Å². The fourth-order valence-corrected chi connectivity index (χ4v) is 4.60. The van der Waals surface area contributed by atoms with E-state index in [9.17, 15) is 27.7 Å². The molecule has 0 bridgehead atoms. The fraction of sp³-hybridized carbons (Fsp3) is 0.278. The fourth-order valence-electron chi connectivity index (χ4n) is 3.07. The molecule has 2 aromatic rings. The van der Waals surface area contributed by atoms with Crippen LogP contribution >= 0.6 is 0 Å². The molecule has 148 valence electrons.